The van der Waals surface area contributed by atoms with Crippen LogP contribution in [0.2, 0.25) is 0 Å². The van der Waals surface area contributed by atoms with E-state index in [9.17, 15) is 14.9 Å². The molecule has 0 saturated carbocycles. The zero-order chi connectivity index (χ0) is 21.8. The number of anilines is 2. The summed E-state index contributed by atoms with van der Waals surface area (Å²) < 4.78 is 0. The fourth-order valence-electron chi connectivity index (χ4n) is 4.46. The molecule has 0 unspecified atom stereocenters. The van der Waals surface area contributed by atoms with Gasteiger partial charge in [0.05, 0.1) is 22.3 Å². The second kappa shape index (κ2) is 6.97. The molecule has 0 bridgehead atoms. The number of aryl methyl sites for hydroxylation is 3. The van der Waals surface area contributed by atoms with Crippen molar-refractivity contribution in [3.8, 4) is 0 Å². The third-order valence-corrected chi connectivity index (χ3v) is 6.19. The molecule has 1 atom stereocenters. The summed E-state index contributed by atoms with van der Waals surface area (Å²) in [6.07, 6.45) is 1.20. The third kappa shape index (κ3) is 3.47. The van der Waals surface area contributed by atoms with Crippen molar-refractivity contribution in [2.75, 3.05) is 10.6 Å². The van der Waals surface area contributed by atoms with E-state index in [0.29, 0.717) is 17.6 Å². The minimum atomic E-state index is -0.446. The topological polar surface area (TPSA) is 84.3 Å². The summed E-state index contributed by atoms with van der Waals surface area (Å²) in [4.78, 5) is 24.4. The maximum Gasteiger partial charge on any atom is 0.272 e. The molecule has 0 aromatic heterocycles. The average molecular weight is 405 g/mol. The van der Waals surface area contributed by atoms with E-state index in [-0.39, 0.29) is 21.8 Å². The lowest BCUT2D eigenvalue weighted by atomic mass is 9.73. The van der Waals surface area contributed by atoms with E-state index >= 15 is 0 Å². The molecule has 6 heteroatoms. The Balaban J connectivity index is 1.93. The zero-order valence-corrected chi connectivity index (χ0v) is 18.1. The second-order valence-electron chi connectivity index (χ2n) is 9.32. The molecule has 1 aliphatic carbocycles. The Hall–Kier alpha value is -3.15. The largest absolute Gasteiger partial charge is 0.372 e. The SMILES string of the molecule is Cc1cc2c(cc1C)N[C@H](c1ccc(C)c([N+](=O)[O-])c1)C1=C(CC(C)(C)CC1=O)N2. The van der Waals surface area contributed by atoms with Crippen LogP contribution >= 0.6 is 0 Å². The second-order valence-corrected chi connectivity index (χ2v) is 9.32. The van der Waals surface area contributed by atoms with Gasteiger partial charge < -0.3 is 10.6 Å². The minimum absolute atomic E-state index is 0.0672. The van der Waals surface area contributed by atoms with Crippen molar-refractivity contribution in [2.45, 2.75) is 53.5 Å². The Morgan fingerprint density at radius 2 is 1.67 bits per heavy atom. The fraction of sp³-hybridized carbons (Fsp3) is 0.375. The molecular formula is C24H27N3O3. The average Bonchev–Trinajstić information content (AvgIpc) is 2.78. The van der Waals surface area contributed by atoms with Crippen molar-refractivity contribution in [1.82, 2.24) is 0 Å². The van der Waals surface area contributed by atoms with Gasteiger partial charge in [-0.25, -0.2) is 0 Å². The maximum absolute atomic E-state index is 13.3. The highest BCUT2D eigenvalue weighted by Gasteiger charge is 2.39. The van der Waals surface area contributed by atoms with Crippen LogP contribution in [-0.2, 0) is 4.79 Å². The van der Waals surface area contributed by atoms with Gasteiger partial charge in [-0.05, 0) is 61.4 Å². The lowest BCUT2D eigenvalue weighted by Crippen LogP contribution is -2.31. The van der Waals surface area contributed by atoms with E-state index in [4.69, 9.17) is 0 Å². The molecule has 1 aliphatic heterocycles. The lowest BCUT2D eigenvalue weighted by Gasteiger charge is -2.34. The summed E-state index contributed by atoms with van der Waals surface area (Å²) in [5.74, 6) is 0.0794. The highest BCUT2D eigenvalue weighted by Crippen LogP contribution is 2.46. The van der Waals surface area contributed by atoms with Gasteiger partial charge in [0.15, 0.2) is 5.78 Å². The number of fused-ring (bicyclic) bond motifs is 1. The molecule has 0 radical (unpaired) electrons. The van der Waals surface area contributed by atoms with Gasteiger partial charge >= 0.3 is 0 Å². The molecule has 156 valence electrons. The molecular weight excluding hydrogens is 378 g/mol. The molecule has 0 saturated heterocycles. The summed E-state index contributed by atoms with van der Waals surface area (Å²) in [6, 6.07) is 8.95. The molecule has 0 fully saturated rings. The van der Waals surface area contributed by atoms with Crippen LogP contribution in [0, 0.1) is 36.3 Å². The lowest BCUT2D eigenvalue weighted by molar-refractivity contribution is -0.385. The first kappa shape index (κ1) is 20.1. The number of hydrogen-bond donors (Lipinski definition) is 2. The molecule has 2 aliphatic rings. The van der Waals surface area contributed by atoms with Gasteiger partial charge in [-0.1, -0.05) is 26.0 Å². The van der Waals surface area contributed by atoms with Crippen molar-refractivity contribution >= 4 is 22.8 Å². The molecule has 30 heavy (non-hydrogen) atoms. The van der Waals surface area contributed by atoms with Crippen LogP contribution in [0.1, 0.15) is 55.0 Å². The molecule has 4 rings (SSSR count). The molecule has 6 nitrogen and oxygen atoms in total. The first-order valence-corrected chi connectivity index (χ1v) is 10.2. The van der Waals surface area contributed by atoms with Crippen LogP contribution in [0.4, 0.5) is 17.1 Å². The minimum Gasteiger partial charge on any atom is -0.372 e. The van der Waals surface area contributed by atoms with Crippen molar-refractivity contribution in [3.63, 3.8) is 0 Å². The number of nitro groups is 1. The van der Waals surface area contributed by atoms with Crippen molar-refractivity contribution in [3.05, 3.63) is 74.0 Å². The Bertz CT molecular complexity index is 1110. The molecule has 0 amide bonds. The number of carbonyl (C=O) groups is 1. The standard InChI is InChI=1S/C24H27N3O3/c1-13-6-7-16(10-20(13)27(29)30)23-22-19(11-24(4,5)12-21(22)28)25-17-8-14(2)15(3)9-18(17)26-23/h6-10,23,25-26H,11-12H2,1-5H3/t23-/m1/s1. The van der Waals surface area contributed by atoms with Crippen LogP contribution in [0.25, 0.3) is 0 Å². The van der Waals surface area contributed by atoms with E-state index in [2.05, 4.69) is 50.5 Å². The van der Waals surface area contributed by atoms with E-state index in [0.717, 1.165) is 40.2 Å². The number of nitro benzene ring substituents is 1. The van der Waals surface area contributed by atoms with Gasteiger partial charge in [0.1, 0.15) is 0 Å². The number of nitrogens with one attached hydrogen (secondary N) is 2. The Morgan fingerprint density at radius 3 is 2.33 bits per heavy atom. The number of benzene rings is 2. The Kier molecular flexibility index (Phi) is 4.68. The van der Waals surface area contributed by atoms with Gasteiger partial charge in [0, 0.05) is 29.3 Å². The van der Waals surface area contributed by atoms with Crippen LogP contribution in [0.3, 0.4) is 0 Å². The summed E-state index contributed by atoms with van der Waals surface area (Å²) in [5.41, 5.74) is 6.96. The monoisotopic (exact) mass is 405 g/mol. The first-order valence-electron chi connectivity index (χ1n) is 10.2. The van der Waals surface area contributed by atoms with Crippen LogP contribution in [0.15, 0.2) is 41.6 Å². The Morgan fingerprint density at radius 1 is 1.00 bits per heavy atom. The van der Waals surface area contributed by atoms with Gasteiger partial charge in [0.25, 0.3) is 5.69 Å². The molecule has 2 aromatic carbocycles. The van der Waals surface area contributed by atoms with Crippen molar-refractivity contribution in [1.29, 1.82) is 0 Å². The molecule has 1 heterocycles. The van der Waals surface area contributed by atoms with E-state index in [1.165, 1.54) is 0 Å². The highest BCUT2D eigenvalue weighted by atomic mass is 16.6. The fourth-order valence-corrected chi connectivity index (χ4v) is 4.46. The highest BCUT2D eigenvalue weighted by molar-refractivity contribution is 6.01. The van der Waals surface area contributed by atoms with Crippen LogP contribution < -0.4 is 10.6 Å². The van der Waals surface area contributed by atoms with E-state index in [1.807, 2.05) is 6.07 Å². The maximum atomic E-state index is 13.3. The van der Waals surface area contributed by atoms with E-state index < -0.39 is 6.04 Å². The Labute approximate surface area is 176 Å². The van der Waals surface area contributed by atoms with E-state index in [1.54, 1.807) is 19.1 Å². The number of carbonyl (C=O) groups excluding carboxylic acids is 1. The van der Waals surface area contributed by atoms with Crippen molar-refractivity contribution < 1.29 is 9.72 Å². The number of rotatable bonds is 2. The number of allylic oxidation sites excluding steroid dienone is 1. The number of hydrogen-bond acceptors (Lipinski definition) is 5. The normalized spacial score (nSPS) is 19.9. The van der Waals surface area contributed by atoms with Gasteiger partial charge in [-0.15, -0.1) is 0 Å². The van der Waals surface area contributed by atoms with Crippen molar-refractivity contribution in [2.24, 2.45) is 5.41 Å². The summed E-state index contributed by atoms with van der Waals surface area (Å²) in [7, 11) is 0. The molecule has 2 aromatic rings. The predicted molar refractivity (Wildman–Crippen MR) is 119 cm³/mol. The number of ketones is 1. The van der Waals surface area contributed by atoms with Gasteiger partial charge in [-0.2, -0.15) is 0 Å². The van der Waals surface area contributed by atoms with Gasteiger partial charge in [0.2, 0.25) is 0 Å². The quantitative estimate of drug-likeness (QED) is 0.491. The summed E-state index contributed by atoms with van der Waals surface area (Å²) in [5, 5.41) is 18.6. The third-order valence-electron chi connectivity index (χ3n) is 6.19. The first-order chi connectivity index (χ1) is 14.1. The van der Waals surface area contributed by atoms with Crippen LogP contribution in [0.5, 0.6) is 0 Å². The van der Waals surface area contributed by atoms with Gasteiger partial charge in [-0.3, -0.25) is 14.9 Å². The zero-order valence-electron chi connectivity index (χ0n) is 18.1. The number of nitrogens with zero attached hydrogens (tertiary/aromatic N) is 1. The predicted octanol–water partition coefficient (Wildman–Crippen LogP) is 5.74. The molecule has 2 N–H and O–H groups in total. The molecule has 0 spiro atoms. The summed E-state index contributed by atoms with van der Waals surface area (Å²) >= 11 is 0. The van der Waals surface area contributed by atoms with Crippen LogP contribution in [-0.4, -0.2) is 10.7 Å². The summed E-state index contributed by atoms with van der Waals surface area (Å²) in [6.45, 7) is 10.0. The number of Topliss-reactive ketones (excluding diaryl/α,β-unsaturated/α-hetero) is 1. The smallest absolute Gasteiger partial charge is 0.272 e.